The third-order valence-corrected chi connectivity index (χ3v) is 2.63. The SMILES string of the molecule is CCC(C(=O)OC(Br)C=O)c1ccccc1. The summed E-state index contributed by atoms with van der Waals surface area (Å²) in [6, 6.07) is 9.38. The van der Waals surface area contributed by atoms with Crippen LogP contribution < -0.4 is 0 Å². The highest BCUT2D eigenvalue weighted by Crippen LogP contribution is 2.21. The Morgan fingerprint density at radius 1 is 1.44 bits per heavy atom. The van der Waals surface area contributed by atoms with E-state index in [2.05, 4.69) is 15.9 Å². The summed E-state index contributed by atoms with van der Waals surface area (Å²) in [4.78, 5) is 22.1. The number of aldehydes is 1. The number of benzene rings is 1. The molecule has 0 heterocycles. The molecule has 1 rings (SSSR count). The minimum absolute atomic E-state index is 0.318. The second-order valence-corrected chi connectivity index (χ2v) is 4.20. The van der Waals surface area contributed by atoms with Gasteiger partial charge < -0.3 is 4.74 Å². The smallest absolute Gasteiger partial charge is 0.314 e. The Labute approximate surface area is 103 Å². The lowest BCUT2D eigenvalue weighted by Gasteiger charge is -2.15. The van der Waals surface area contributed by atoms with Crippen molar-refractivity contribution in [3.8, 4) is 0 Å². The van der Waals surface area contributed by atoms with Gasteiger partial charge in [-0.25, -0.2) is 0 Å². The molecule has 0 bridgehead atoms. The van der Waals surface area contributed by atoms with E-state index in [1.54, 1.807) is 0 Å². The Kier molecular flexibility index (Phi) is 5.19. The number of hydrogen-bond donors (Lipinski definition) is 0. The second kappa shape index (κ2) is 6.43. The fraction of sp³-hybridized carbons (Fsp3) is 0.333. The van der Waals surface area contributed by atoms with Crippen molar-refractivity contribution < 1.29 is 14.3 Å². The molecular weight excluding hydrogens is 272 g/mol. The van der Waals surface area contributed by atoms with Crippen LogP contribution in [-0.2, 0) is 14.3 Å². The zero-order chi connectivity index (χ0) is 12.0. The molecule has 0 aliphatic heterocycles. The van der Waals surface area contributed by atoms with E-state index in [0.717, 1.165) is 5.56 Å². The van der Waals surface area contributed by atoms with Crippen LogP contribution in [0.15, 0.2) is 30.3 Å². The van der Waals surface area contributed by atoms with Crippen molar-refractivity contribution in [3.05, 3.63) is 35.9 Å². The minimum atomic E-state index is -0.863. The molecule has 1 aromatic carbocycles. The topological polar surface area (TPSA) is 43.4 Å². The molecule has 86 valence electrons. The van der Waals surface area contributed by atoms with Crippen LogP contribution in [0.4, 0.5) is 0 Å². The zero-order valence-electron chi connectivity index (χ0n) is 8.93. The highest BCUT2D eigenvalue weighted by Gasteiger charge is 2.22. The highest BCUT2D eigenvalue weighted by molar-refractivity contribution is 9.09. The molecule has 0 aromatic heterocycles. The van der Waals surface area contributed by atoms with Gasteiger partial charge in [0, 0.05) is 0 Å². The first-order valence-corrected chi connectivity index (χ1v) is 5.95. The van der Waals surface area contributed by atoms with Gasteiger partial charge in [-0.2, -0.15) is 0 Å². The van der Waals surface area contributed by atoms with Crippen LogP contribution in [0.25, 0.3) is 0 Å². The average molecular weight is 285 g/mol. The number of esters is 1. The molecule has 1 aromatic rings. The number of halogens is 1. The van der Waals surface area contributed by atoms with Gasteiger partial charge in [0.05, 0.1) is 5.92 Å². The van der Waals surface area contributed by atoms with Crippen LogP contribution in [0.5, 0.6) is 0 Å². The molecule has 3 nitrogen and oxygen atoms in total. The molecule has 0 fully saturated rings. The molecular formula is C12H13BrO3. The van der Waals surface area contributed by atoms with E-state index in [1.807, 2.05) is 37.3 Å². The van der Waals surface area contributed by atoms with Crippen molar-refractivity contribution >= 4 is 28.2 Å². The van der Waals surface area contributed by atoms with E-state index in [9.17, 15) is 9.59 Å². The van der Waals surface area contributed by atoms with Crippen molar-refractivity contribution in [2.45, 2.75) is 24.3 Å². The molecule has 0 saturated heterocycles. The first-order valence-electron chi connectivity index (χ1n) is 5.03. The summed E-state index contributed by atoms with van der Waals surface area (Å²) in [5.74, 6) is -0.705. The standard InChI is InChI=1S/C12H13BrO3/c1-2-10(9-6-4-3-5-7-9)12(15)16-11(13)8-14/h3-8,10-11H,2H2,1H3. The summed E-state index contributed by atoms with van der Waals surface area (Å²) in [7, 11) is 0. The first kappa shape index (κ1) is 12.9. The maximum Gasteiger partial charge on any atom is 0.314 e. The third-order valence-electron chi connectivity index (χ3n) is 2.23. The predicted octanol–water partition coefficient (Wildman–Crippen LogP) is 2.64. The maximum atomic E-state index is 11.7. The van der Waals surface area contributed by atoms with Crippen LogP contribution in [0.3, 0.4) is 0 Å². The van der Waals surface area contributed by atoms with Gasteiger partial charge in [0.15, 0.2) is 6.29 Å². The van der Waals surface area contributed by atoms with Crippen molar-refractivity contribution in [2.24, 2.45) is 0 Å². The molecule has 0 amide bonds. The summed E-state index contributed by atoms with van der Waals surface area (Å²) in [5, 5.41) is -0.863. The van der Waals surface area contributed by atoms with Gasteiger partial charge in [-0.3, -0.25) is 9.59 Å². The lowest BCUT2D eigenvalue weighted by atomic mass is 9.97. The number of hydrogen-bond acceptors (Lipinski definition) is 3. The van der Waals surface area contributed by atoms with Crippen LogP contribution in [0.1, 0.15) is 24.8 Å². The van der Waals surface area contributed by atoms with E-state index in [-0.39, 0.29) is 11.9 Å². The Balaban J connectivity index is 2.75. The van der Waals surface area contributed by atoms with Crippen molar-refractivity contribution in [1.29, 1.82) is 0 Å². The number of carbonyl (C=O) groups excluding carboxylic acids is 2. The highest BCUT2D eigenvalue weighted by atomic mass is 79.9. The summed E-state index contributed by atoms with van der Waals surface area (Å²) >= 11 is 2.94. The Hall–Kier alpha value is -1.16. The average Bonchev–Trinajstić information content (AvgIpc) is 2.31. The zero-order valence-corrected chi connectivity index (χ0v) is 10.5. The van der Waals surface area contributed by atoms with Crippen LogP contribution in [-0.4, -0.2) is 17.3 Å². The fourth-order valence-corrected chi connectivity index (χ4v) is 1.63. The van der Waals surface area contributed by atoms with Gasteiger partial charge in [0.25, 0.3) is 0 Å². The second-order valence-electron chi connectivity index (χ2n) is 3.30. The van der Waals surface area contributed by atoms with E-state index in [0.29, 0.717) is 12.7 Å². The largest absolute Gasteiger partial charge is 0.442 e. The van der Waals surface area contributed by atoms with Gasteiger partial charge in [-0.05, 0) is 27.9 Å². The lowest BCUT2D eigenvalue weighted by molar-refractivity contribution is -0.148. The Morgan fingerprint density at radius 3 is 2.56 bits per heavy atom. The van der Waals surface area contributed by atoms with Crippen molar-refractivity contribution in [3.63, 3.8) is 0 Å². The third kappa shape index (κ3) is 3.45. The van der Waals surface area contributed by atoms with Crippen LogP contribution in [0.2, 0.25) is 0 Å². The van der Waals surface area contributed by atoms with E-state index >= 15 is 0 Å². The molecule has 0 aliphatic rings. The molecule has 2 unspecified atom stereocenters. The minimum Gasteiger partial charge on any atom is -0.442 e. The normalized spacial score (nSPS) is 13.9. The molecule has 2 atom stereocenters. The van der Waals surface area contributed by atoms with E-state index < -0.39 is 5.01 Å². The number of carbonyl (C=O) groups is 2. The lowest BCUT2D eigenvalue weighted by Crippen LogP contribution is -2.20. The number of alkyl halides is 1. The van der Waals surface area contributed by atoms with Gasteiger partial charge in [0.1, 0.15) is 0 Å². The van der Waals surface area contributed by atoms with Gasteiger partial charge in [-0.1, -0.05) is 37.3 Å². The quantitative estimate of drug-likeness (QED) is 0.474. The van der Waals surface area contributed by atoms with Crippen molar-refractivity contribution in [1.82, 2.24) is 0 Å². The molecule has 0 spiro atoms. The van der Waals surface area contributed by atoms with Gasteiger partial charge in [-0.15, -0.1) is 0 Å². The van der Waals surface area contributed by atoms with Gasteiger partial charge in [0.2, 0.25) is 5.01 Å². The summed E-state index contributed by atoms with van der Waals surface area (Å²) in [6.07, 6.45) is 1.18. The van der Waals surface area contributed by atoms with Crippen LogP contribution in [0, 0.1) is 0 Å². The molecule has 0 radical (unpaired) electrons. The number of ether oxygens (including phenoxy) is 1. The first-order chi connectivity index (χ1) is 7.69. The Morgan fingerprint density at radius 2 is 2.06 bits per heavy atom. The molecule has 16 heavy (non-hydrogen) atoms. The maximum absolute atomic E-state index is 11.7. The van der Waals surface area contributed by atoms with Gasteiger partial charge >= 0.3 is 5.97 Å². The predicted molar refractivity (Wildman–Crippen MR) is 64.3 cm³/mol. The molecule has 4 heteroatoms. The summed E-state index contributed by atoms with van der Waals surface area (Å²) in [6.45, 7) is 1.91. The number of rotatable bonds is 5. The van der Waals surface area contributed by atoms with Crippen LogP contribution >= 0.6 is 15.9 Å². The van der Waals surface area contributed by atoms with E-state index in [1.165, 1.54) is 0 Å². The summed E-state index contributed by atoms with van der Waals surface area (Å²) < 4.78 is 4.92. The molecule has 0 N–H and O–H groups in total. The molecule has 0 aliphatic carbocycles. The molecule has 0 saturated carbocycles. The summed E-state index contributed by atoms with van der Waals surface area (Å²) in [5.41, 5.74) is 0.903. The monoisotopic (exact) mass is 284 g/mol. The van der Waals surface area contributed by atoms with E-state index in [4.69, 9.17) is 4.74 Å². The van der Waals surface area contributed by atoms with Crippen molar-refractivity contribution in [2.75, 3.05) is 0 Å². The fourth-order valence-electron chi connectivity index (χ4n) is 1.44. The Bertz CT molecular complexity index is 351.